The molecule has 0 aromatic heterocycles. The molecule has 1 unspecified atom stereocenters. The number of nitrogens with one attached hydrogen (secondary N) is 1. The van der Waals surface area contributed by atoms with E-state index in [1.807, 2.05) is 6.92 Å². The summed E-state index contributed by atoms with van der Waals surface area (Å²) in [6, 6.07) is 8.32. The first-order chi connectivity index (χ1) is 9.02. The lowest BCUT2D eigenvalue weighted by Crippen LogP contribution is -2.33. The second kappa shape index (κ2) is 5.70. The maximum Gasteiger partial charge on any atom is 0.168 e. The first-order valence-corrected chi connectivity index (χ1v) is 7.39. The van der Waals surface area contributed by atoms with E-state index in [1.54, 1.807) is 18.7 Å². The molecule has 0 spiro atoms. The summed E-state index contributed by atoms with van der Waals surface area (Å²) in [4.78, 5) is 14.7. The standard InChI is InChI=1S/C15H20N2OS/c1-5-17-11(3)14(12(4)18)19-15(17)16-13-8-6-10(2)7-9-13/h6-9,15-16H,5H2,1-4H3. The van der Waals surface area contributed by atoms with Crippen LogP contribution >= 0.6 is 11.8 Å². The van der Waals surface area contributed by atoms with E-state index in [4.69, 9.17) is 0 Å². The van der Waals surface area contributed by atoms with E-state index in [1.165, 1.54) is 5.56 Å². The summed E-state index contributed by atoms with van der Waals surface area (Å²) in [6.45, 7) is 8.72. The molecular formula is C15H20N2OS. The number of carbonyl (C=O) groups is 1. The summed E-state index contributed by atoms with van der Waals surface area (Å²) in [7, 11) is 0. The zero-order valence-electron chi connectivity index (χ0n) is 11.9. The first-order valence-electron chi connectivity index (χ1n) is 6.51. The van der Waals surface area contributed by atoms with Crippen molar-refractivity contribution >= 4 is 23.2 Å². The number of anilines is 1. The molecule has 0 saturated heterocycles. The summed E-state index contributed by atoms with van der Waals surface area (Å²) in [6.07, 6.45) is 0. The highest BCUT2D eigenvalue weighted by molar-refractivity contribution is 8.04. The van der Waals surface area contributed by atoms with Gasteiger partial charge < -0.3 is 10.2 Å². The van der Waals surface area contributed by atoms with Crippen molar-refractivity contribution < 1.29 is 4.79 Å². The molecule has 1 N–H and O–H groups in total. The maximum atomic E-state index is 11.6. The predicted molar refractivity (Wildman–Crippen MR) is 81.9 cm³/mol. The molecule has 2 rings (SSSR count). The molecule has 1 aromatic rings. The number of allylic oxidation sites excluding steroid dienone is 2. The molecular weight excluding hydrogens is 256 g/mol. The SMILES string of the molecule is CCN1C(C)=C(C(C)=O)SC1Nc1ccc(C)cc1. The van der Waals surface area contributed by atoms with Crippen LogP contribution in [0.4, 0.5) is 5.69 Å². The van der Waals surface area contributed by atoms with Crippen molar-refractivity contribution in [1.82, 2.24) is 4.90 Å². The molecule has 4 heteroatoms. The number of carbonyl (C=O) groups excluding carboxylic acids is 1. The monoisotopic (exact) mass is 276 g/mol. The summed E-state index contributed by atoms with van der Waals surface area (Å²) < 4.78 is 0. The van der Waals surface area contributed by atoms with Gasteiger partial charge in [-0.1, -0.05) is 29.5 Å². The smallest absolute Gasteiger partial charge is 0.168 e. The van der Waals surface area contributed by atoms with Gasteiger partial charge >= 0.3 is 0 Å². The van der Waals surface area contributed by atoms with Crippen molar-refractivity contribution in [2.24, 2.45) is 0 Å². The number of benzene rings is 1. The highest BCUT2D eigenvalue weighted by atomic mass is 32.2. The lowest BCUT2D eigenvalue weighted by Gasteiger charge is -2.27. The quantitative estimate of drug-likeness (QED) is 0.911. The van der Waals surface area contributed by atoms with Gasteiger partial charge in [0, 0.05) is 17.9 Å². The molecule has 0 bridgehead atoms. The Balaban J connectivity index is 2.14. The van der Waals surface area contributed by atoms with E-state index < -0.39 is 0 Å². The molecule has 1 atom stereocenters. The van der Waals surface area contributed by atoms with Crippen molar-refractivity contribution in [2.75, 3.05) is 11.9 Å². The minimum atomic E-state index is 0.103. The van der Waals surface area contributed by atoms with Crippen LogP contribution in [0, 0.1) is 6.92 Å². The number of nitrogens with zero attached hydrogens (tertiary/aromatic N) is 1. The maximum absolute atomic E-state index is 11.6. The van der Waals surface area contributed by atoms with Gasteiger partial charge in [0.25, 0.3) is 0 Å². The Morgan fingerprint density at radius 1 is 1.32 bits per heavy atom. The minimum Gasteiger partial charge on any atom is -0.356 e. The molecule has 3 nitrogen and oxygen atoms in total. The van der Waals surface area contributed by atoms with Crippen molar-refractivity contribution in [1.29, 1.82) is 0 Å². The molecule has 1 aromatic carbocycles. The van der Waals surface area contributed by atoms with Crippen LogP contribution < -0.4 is 5.32 Å². The number of rotatable bonds is 4. The highest BCUT2D eigenvalue weighted by Crippen LogP contribution is 2.38. The fourth-order valence-electron chi connectivity index (χ4n) is 2.21. The zero-order valence-corrected chi connectivity index (χ0v) is 12.7. The number of hydrogen-bond acceptors (Lipinski definition) is 4. The number of ketones is 1. The van der Waals surface area contributed by atoms with Crippen molar-refractivity contribution in [3.63, 3.8) is 0 Å². The van der Waals surface area contributed by atoms with Gasteiger partial charge in [-0.15, -0.1) is 0 Å². The van der Waals surface area contributed by atoms with Crippen LogP contribution in [0.3, 0.4) is 0 Å². The summed E-state index contributed by atoms with van der Waals surface area (Å²) >= 11 is 1.60. The fraction of sp³-hybridized carbons (Fsp3) is 0.400. The normalized spacial score (nSPS) is 18.9. The summed E-state index contributed by atoms with van der Waals surface area (Å²) in [5, 5.41) is 3.48. The van der Waals surface area contributed by atoms with Crippen LogP contribution in [0.1, 0.15) is 26.3 Å². The van der Waals surface area contributed by atoms with Gasteiger partial charge in [0.15, 0.2) is 11.3 Å². The lowest BCUT2D eigenvalue weighted by molar-refractivity contribution is -0.113. The summed E-state index contributed by atoms with van der Waals surface area (Å²) in [5.74, 6) is 0.147. The molecule has 0 fully saturated rings. The van der Waals surface area contributed by atoms with Crippen LogP contribution in [-0.2, 0) is 4.79 Å². The van der Waals surface area contributed by atoms with E-state index in [-0.39, 0.29) is 11.3 Å². The van der Waals surface area contributed by atoms with Gasteiger partial charge in [0.2, 0.25) is 0 Å². The molecule has 0 aliphatic carbocycles. The Morgan fingerprint density at radius 2 is 1.95 bits per heavy atom. The number of Topliss-reactive ketones (excluding diaryl/α,β-unsaturated/α-hetero) is 1. The van der Waals surface area contributed by atoms with E-state index in [0.717, 1.165) is 22.8 Å². The molecule has 102 valence electrons. The topological polar surface area (TPSA) is 32.3 Å². The number of aryl methyl sites for hydroxylation is 1. The van der Waals surface area contributed by atoms with Gasteiger partial charge in [-0.3, -0.25) is 4.79 Å². The van der Waals surface area contributed by atoms with Gasteiger partial charge in [-0.2, -0.15) is 0 Å². The lowest BCUT2D eigenvalue weighted by atomic mass is 10.2. The van der Waals surface area contributed by atoms with Gasteiger partial charge in [-0.25, -0.2) is 0 Å². The first kappa shape index (κ1) is 14.0. The third-order valence-corrected chi connectivity index (χ3v) is 4.69. The van der Waals surface area contributed by atoms with Crippen molar-refractivity contribution in [3.8, 4) is 0 Å². The zero-order chi connectivity index (χ0) is 14.0. The predicted octanol–water partition coefficient (Wildman–Crippen LogP) is 3.58. The molecule has 1 heterocycles. The Labute approximate surface area is 119 Å². The number of hydrogen-bond donors (Lipinski definition) is 1. The molecule has 0 amide bonds. The second-order valence-corrected chi connectivity index (χ2v) is 5.83. The van der Waals surface area contributed by atoms with E-state index in [0.29, 0.717) is 0 Å². The Morgan fingerprint density at radius 3 is 2.47 bits per heavy atom. The third kappa shape index (κ3) is 2.95. The second-order valence-electron chi connectivity index (χ2n) is 4.74. The molecule has 1 aliphatic rings. The Hall–Kier alpha value is -1.42. The molecule has 1 aliphatic heterocycles. The Bertz CT molecular complexity index is 507. The largest absolute Gasteiger partial charge is 0.356 e. The van der Waals surface area contributed by atoms with Crippen LogP contribution in [0.5, 0.6) is 0 Å². The van der Waals surface area contributed by atoms with E-state index in [2.05, 4.69) is 48.3 Å². The van der Waals surface area contributed by atoms with Crippen LogP contribution in [0.15, 0.2) is 34.9 Å². The minimum absolute atomic E-state index is 0.103. The van der Waals surface area contributed by atoms with Gasteiger partial charge in [-0.05, 0) is 39.8 Å². The summed E-state index contributed by atoms with van der Waals surface area (Å²) in [5.41, 5.74) is 3.51. The molecule has 19 heavy (non-hydrogen) atoms. The van der Waals surface area contributed by atoms with Crippen LogP contribution in [-0.4, -0.2) is 22.7 Å². The van der Waals surface area contributed by atoms with Gasteiger partial charge in [0.05, 0.1) is 4.91 Å². The van der Waals surface area contributed by atoms with E-state index >= 15 is 0 Å². The van der Waals surface area contributed by atoms with Gasteiger partial charge in [0.1, 0.15) is 0 Å². The molecule has 0 radical (unpaired) electrons. The Kier molecular flexibility index (Phi) is 4.20. The molecule has 0 saturated carbocycles. The van der Waals surface area contributed by atoms with Crippen LogP contribution in [0.25, 0.3) is 0 Å². The highest BCUT2D eigenvalue weighted by Gasteiger charge is 2.30. The van der Waals surface area contributed by atoms with Crippen molar-refractivity contribution in [2.45, 2.75) is 33.2 Å². The fourth-order valence-corrected chi connectivity index (χ4v) is 3.51. The van der Waals surface area contributed by atoms with Crippen molar-refractivity contribution in [3.05, 3.63) is 40.4 Å². The average molecular weight is 276 g/mol. The average Bonchev–Trinajstić information content (AvgIpc) is 2.68. The number of thioether (sulfide) groups is 1. The van der Waals surface area contributed by atoms with Crippen LogP contribution in [0.2, 0.25) is 0 Å². The van der Waals surface area contributed by atoms with E-state index in [9.17, 15) is 4.79 Å². The third-order valence-electron chi connectivity index (χ3n) is 3.27.